The highest BCUT2D eigenvalue weighted by atomic mass is 19.4. The SMILES string of the molecule is CC(=O)/C(N=Nc1nn[nH]n1)=C(/O)C(F)(F)C(F)(F)C(F)(F)C(F)(F)F. The molecule has 1 aromatic heterocycles. The molecule has 0 aliphatic rings. The first kappa shape index (κ1) is 21.3. The van der Waals surface area contributed by atoms with Crippen molar-refractivity contribution in [2.24, 2.45) is 10.2 Å². The van der Waals surface area contributed by atoms with Crippen LogP contribution in [0, 0.1) is 0 Å². The maximum atomic E-state index is 13.6. The minimum atomic E-state index is -7.26. The van der Waals surface area contributed by atoms with Gasteiger partial charge in [0.2, 0.25) is 5.76 Å². The summed E-state index contributed by atoms with van der Waals surface area (Å²) in [5.74, 6) is -26.6. The van der Waals surface area contributed by atoms with Crippen molar-refractivity contribution in [3.05, 3.63) is 11.5 Å². The molecule has 0 spiro atoms. The summed E-state index contributed by atoms with van der Waals surface area (Å²) < 4.78 is 115. The van der Waals surface area contributed by atoms with Crippen LogP contribution in [0.15, 0.2) is 21.7 Å². The molecule has 1 rings (SSSR count). The molecular weight excluding hydrogens is 395 g/mol. The van der Waals surface area contributed by atoms with Crippen LogP contribution in [0.25, 0.3) is 0 Å². The number of nitrogens with zero attached hydrogens (tertiary/aromatic N) is 5. The van der Waals surface area contributed by atoms with Crippen molar-refractivity contribution in [2.45, 2.75) is 30.9 Å². The number of hydrogen-bond donors (Lipinski definition) is 2. The number of aromatic amines is 1. The highest BCUT2D eigenvalue weighted by Gasteiger charge is 2.83. The molecule has 26 heavy (non-hydrogen) atoms. The average molecular weight is 400 g/mol. The molecule has 0 saturated heterocycles. The molecule has 0 atom stereocenters. The molecule has 0 unspecified atom stereocenters. The summed E-state index contributed by atoms with van der Waals surface area (Å²) in [7, 11) is 0. The Labute approximate surface area is 135 Å². The van der Waals surface area contributed by atoms with E-state index in [1.54, 1.807) is 5.21 Å². The quantitative estimate of drug-likeness (QED) is 0.329. The van der Waals surface area contributed by atoms with E-state index in [9.17, 15) is 44.3 Å². The smallest absolute Gasteiger partial charge is 0.460 e. The van der Waals surface area contributed by atoms with Gasteiger partial charge in [0.1, 0.15) is 0 Å². The van der Waals surface area contributed by atoms with Gasteiger partial charge in [0.15, 0.2) is 11.5 Å². The standard InChI is InChI=1S/C9H5F9N6O2/c1-2(25)3(19-20-5-21-23-24-22-5)4(26)6(10,11)7(12,13)8(14,15)9(16,17)18/h26H,1H3,(H,21,22,23,24)/b4-3-,20-19?. The van der Waals surface area contributed by atoms with Crippen molar-refractivity contribution < 1.29 is 49.4 Å². The van der Waals surface area contributed by atoms with Gasteiger partial charge in [0.05, 0.1) is 0 Å². The second-order valence-electron chi connectivity index (χ2n) is 4.39. The number of aliphatic hydroxyl groups is 1. The fraction of sp³-hybridized carbons (Fsp3) is 0.556. The van der Waals surface area contributed by atoms with Gasteiger partial charge in [-0.3, -0.25) is 4.79 Å². The number of carbonyl (C=O) groups excluding carboxylic acids is 1. The van der Waals surface area contributed by atoms with Crippen LogP contribution in [0.1, 0.15) is 6.92 Å². The van der Waals surface area contributed by atoms with Gasteiger partial charge in [-0.15, -0.1) is 15.3 Å². The van der Waals surface area contributed by atoms with Crippen molar-refractivity contribution in [3.8, 4) is 0 Å². The van der Waals surface area contributed by atoms with E-state index in [4.69, 9.17) is 5.11 Å². The van der Waals surface area contributed by atoms with Crippen molar-refractivity contribution in [1.82, 2.24) is 20.6 Å². The van der Waals surface area contributed by atoms with Gasteiger partial charge >= 0.3 is 29.9 Å². The Morgan fingerprint density at radius 3 is 1.96 bits per heavy atom. The Bertz CT molecular complexity index is 725. The number of azo groups is 1. The molecule has 0 fully saturated rings. The van der Waals surface area contributed by atoms with Crippen molar-refractivity contribution in [1.29, 1.82) is 0 Å². The van der Waals surface area contributed by atoms with Crippen LogP contribution in [0.2, 0.25) is 0 Å². The number of alkyl halides is 9. The molecule has 17 heteroatoms. The Morgan fingerprint density at radius 2 is 1.58 bits per heavy atom. The number of hydrogen-bond acceptors (Lipinski definition) is 7. The van der Waals surface area contributed by atoms with Crippen LogP contribution >= 0.6 is 0 Å². The number of ketones is 1. The van der Waals surface area contributed by atoms with E-state index in [2.05, 4.69) is 25.6 Å². The van der Waals surface area contributed by atoms with Crippen LogP contribution < -0.4 is 0 Å². The Morgan fingerprint density at radius 1 is 1.04 bits per heavy atom. The first-order valence-corrected chi connectivity index (χ1v) is 5.87. The van der Waals surface area contributed by atoms with Crippen LogP contribution in [0.5, 0.6) is 0 Å². The Hall–Kier alpha value is -2.75. The summed E-state index contributed by atoms with van der Waals surface area (Å²) in [6.45, 7) is 0.358. The lowest BCUT2D eigenvalue weighted by Crippen LogP contribution is -2.61. The number of carbonyl (C=O) groups is 1. The third-order valence-electron chi connectivity index (χ3n) is 2.57. The molecule has 0 aliphatic carbocycles. The zero-order chi connectivity index (χ0) is 20.6. The third-order valence-corrected chi connectivity index (χ3v) is 2.57. The number of halogens is 9. The number of tetrazole rings is 1. The van der Waals surface area contributed by atoms with Crippen LogP contribution in [0.3, 0.4) is 0 Å². The van der Waals surface area contributed by atoms with E-state index < -0.39 is 47.1 Å². The molecule has 0 saturated carbocycles. The number of rotatable bonds is 6. The molecule has 1 aromatic rings. The summed E-state index contributed by atoms with van der Waals surface area (Å²) in [5, 5.41) is 25.3. The minimum absolute atomic E-state index is 0.358. The van der Waals surface area contributed by atoms with Gasteiger partial charge in [-0.1, -0.05) is 5.10 Å². The number of aliphatic hydroxyl groups excluding tert-OH is 1. The molecule has 146 valence electrons. The van der Waals surface area contributed by atoms with Crippen LogP contribution in [0.4, 0.5) is 45.5 Å². The molecule has 0 radical (unpaired) electrons. The third kappa shape index (κ3) is 3.45. The first-order chi connectivity index (χ1) is 11.6. The van der Waals surface area contributed by atoms with E-state index in [1.165, 1.54) is 0 Å². The maximum Gasteiger partial charge on any atom is 0.460 e. The molecular formula is C9H5F9N6O2. The zero-order valence-corrected chi connectivity index (χ0v) is 12.0. The molecule has 0 bridgehead atoms. The number of H-pyrrole nitrogens is 1. The van der Waals surface area contributed by atoms with Gasteiger partial charge in [-0.05, 0) is 5.21 Å². The maximum absolute atomic E-state index is 13.6. The van der Waals surface area contributed by atoms with Gasteiger partial charge in [0, 0.05) is 6.92 Å². The van der Waals surface area contributed by atoms with Crippen molar-refractivity contribution >= 4 is 11.7 Å². The molecule has 0 aliphatic heterocycles. The fourth-order valence-electron chi connectivity index (χ4n) is 1.25. The zero-order valence-electron chi connectivity index (χ0n) is 12.0. The molecule has 0 amide bonds. The molecule has 0 aromatic carbocycles. The van der Waals surface area contributed by atoms with Crippen molar-refractivity contribution in [3.63, 3.8) is 0 Å². The summed E-state index contributed by atoms with van der Waals surface area (Å²) in [5.41, 5.74) is -2.03. The van der Waals surface area contributed by atoms with Crippen LogP contribution in [-0.4, -0.2) is 55.5 Å². The summed E-state index contributed by atoms with van der Waals surface area (Å²) in [6.07, 6.45) is -7.09. The topological polar surface area (TPSA) is 116 Å². The predicted molar refractivity (Wildman–Crippen MR) is 59.9 cm³/mol. The van der Waals surface area contributed by atoms with E-state index in [0.717, 1.165) is 0 Å². The van der Waals surface area contributed by atoms with Crippen molar-refractivity contribution in [2.75, 3.05) is 0 Å². The van der Waals surface area contributed by atoms with E-state index in [0.29, 0.717) is 6.92 Å². The largest absolute Gasteiger partial charge is 0.504 e. The predicted octanol–water partition coefficient (Wildman–Crippen LogP) is 3.11. The Kier molecular flexibility index (Phi) is 5.34. The first-order valence-electron chi connectivity index (χ1n) is 5.87. The minimum Gasteiger partial charge on any atom is -0.504 e. The second-order valence-corrected chi connectivity index (χ2v) is 4.39. The summed E-state index contributed by atoms with van der Waals surface area (Å²) >= 11 is 0. The molecule has 8 nitrogen and oxygen atoms in total. The van der Waals surface area contributed by atoms with E-state index >= 15 is 0 Å². The number of allylic oxidation sites excluding steroid dienone is 2. The van der Waals surface area contributed by atoms with Gasteiger partial charge in [-0.2, -0.15) is 44.7 Å². The monoisotopic (exact) mass is 400 g/mol. The lowest BCUT2D eigenvalue weighted by molar-refractivity contribution is -0.392. The van der Waals surface area contributed by atoms with Gasteiger partial charge in [-0.25, -0.2) is 0 Å². The highest BCUT2D eigenvalue weighted by molar-refractivity contribution is 5.93. The Balaban J connectivity index is 3.49. The van der Waals surface area contributed by atoms with Crippen LogP contribution in [-0.2, 0) is 4.79 Å². The second kappa shape index (κ2) is 6.52. The average Bonchev–Trinajstić information content (AvgIpc) is 2.98. The van der Waals surface area contributed by atoms with E-state index in [1.807, 2.05) is 0 Å². The normalized spacial score (nSPS) is 15.3. The lowest BCUT2D eigenvalue weighted by Gasteiger charge is -2.33. The number of nitrogens with one attached hydrogen (secondary N) is 1. The van der Waals surface area contributed by atoms with Gasteiger partial charge < -0.3 is 5.11 Å². The fourth-order valence-corrected chi connectivity index (χ4v) is 1.25. The van der Waals surface area contributed by atoms with Gasteiger partial charge in [0.25, 0.3) is 0 Å². The van der Waals surface area contributed by atoms with E-state index in [-0.39, 0.29) is 0 Å². The highest BCUT2D eigenvalue weighted by Crippen LogP contribution is 2.55. The summed E-state index contributed by atoms with van der Waals surface area (Å²) in [4.78, 5) is 11.1. The number of aromatic nitrogens is 4. The molecule has 1 heterocycles. The molecule has 2 N–H and O–H groups in total. The lowest BCUT2D eigenvalue weighted by atomic mass is 10.0. The number of Topliss-reactive ketones (excluding diaryl/α,β-unsaturated/α-hetero) is 1. The summed E-state index contributed by atoms with van der Waals surface area (Å²) in [6, 6.07) is 0.